The van der Waals surface area contributed by atoms with Gasteiger partial charge in [0.25, 0.3) is 0 Å². The Labute approximate surface area is 105 Å². The zero-order valence-electron chi connectivity index (χ0n) is 11.2. The van der Waals surface area contributed by atoms with E-state index in [1.807, 2.05) is 6.08 Å². The maximum atomic E-state index is 11.2. The molecule has 100 valence electrons. The molecule has 0 aliphatic heterocycles. The van der Waals surface area contributed by atoms with E-state index < -0.39 is 0 Å². The van der Waals surface area contributed by atoms with Crippen molar-refractivity contribution in [2.75, 3.05) is 20.3 Å². The topological polar surface area (TPSA) is 35.5 Å². The molecule has 0 aromatic rings. The first kappa shape index (κ1) is 16.2. The average Bonchev–Trinajstić information content (AvgIpc) is 2.33. The number of unbranched alkanes of at least 4 members (excludes halogenated alkanes) is 4. The summed E-state index contributed by atoms with van der Waals surface area (Å²) in [4.78, 5) is 11.2. The number of rotatable bonds is 11. The normalized spacial score (nSPS) is 10.9. The van der Waals surface area contributed by atoms with Gasteiger partial charge in [0.1, 0.15) is 0 Å². The zero-order chi connectivity index (χ0) is 12.8. The summed E-state index contributed by atoms with van der Waals surface area (Å²) in [5.74, 6) is -0.0478. The van der Waals surface area contributed by atoms with Gasteiger partial charge in [0.2, 0.25) is 0 Å². The molecule has 17 heavy (non-hydrogen) atoms. The molecule has 0 spiro atoms. The van der Waals surface area contributed by atoms with Crippen LogP contribution in [0.4, 0.5) is 0 Å². The Balaban J connectivity index is 3.19. The van der Waals surface area contributed by atoms with Crippen LogP contribution in [0.1, 0.15) is 51.9 Å². The molecular formula is C14H26O3. The molecule has 3 heteroatoms. The fourth-order valence-corrected chi connectivity index (χ4v) is 1.39. The van der Waals surface area contributed by atoms with Crippen LogP contribution in [0.25, 0.3) is 0 Å². The maximum absolute atomic E-state index is 11.2. The van der Waals surface area contributed by atoms with Gasteiger partial charge in [0.05, 0.1) is 13.2 Å². The summed E-state index contributed by atoms with van der Waals surface area (Å²) in [6.07, 6.45) is 11.0. The average molecular weight is 242 g/mol. The lowest BCUT2D eigenvalue weighted by Gasteiger charge is -2.03. The van der Waals surface area contributed by atoms with Crippen LogP contribution < -0.4 is 0 Å². The quantitative estimate of drug-likeness (QED) is 0.316. The van der Waals surface area contributed by atoms with Crippen molar-refractivity contribution >= 4 is 5.97 Å². The maximum Gasteiger partial charge on any atom is 0.305 e. The Morgan fingerprint density at radius 2 is 1.94 bits per heavy atom. The lowest BCUT2D eigenvalue weighted by atomic mass is 10.1. The summed E-state index contributed by atoms with van der Waals surface area (Å²) in [5, 5.41) is 0. The third-order valence-corrected chi connectivity index (χ3v) is 2.44. The van der Waals surface area contributed by atoms with Crippen molar-refractivity contribution in [3.05, 3.63) is 12.2 Å². The molecule has 0 N–H and O–H groups in total. The SMILES string of the molecule is CCCCOC(=O)CCCCCC=CCOC. The summed E-state index contributed by atoms with van der Waals surface area (Å²) < 4.78 is 9.97. The van der Waals surface area contributed by atoms with Gasteiger partial charge < -0.3 is 9.47 Å². The minimum atomic E-state index is -0.0478. The van der Waals surface area contributed by atoms with E-state index in [1.54, 1.807) is 7.11 Å². The lowest BCUT2D eigenvalue weighted by Crippen LogP contribution is -2.05. The largest absolute Gasteiger partial charge is 0.466 e. The first-order valence-electron chi connectivity index (χ1n) is 6.60. The summed E-state index contributed by atoms with van der Waals surface area (Å²) in [7, 11) is 1.69. The Morgan fingerprint density at radius 3 is 2.65 bits per heavy atom. The highest BCUT2D eigenvalue weighted by Crippen LogP contribution is 2.05. The molecule has 3 nitrogen and oxygen atoms in total. The van der Waals surface area contributed by atoms with Crippen LogP contribution in [0.2, 0.25) is 0 Å². The van der Waals surface area contributed by atoms with Crippen molar-refractivity contribution in [3.8, 4) is 0 Å². The second kappa shape index (κ2) is 13.2. The van der Waals surface area contributed by atoms with E-state index >= 15 is 0 Å². The summed E-state index contributed by atoms with van der Waals surface area (Å²) in [5.41, 5.74) is 0. The molecule has 0 aromatic carbocycles. The van der Waals surface area contributed by atoms with Gasteiger partial charge in [-0.15, -0.1) is 0 Å². The Bertz CT molecular complexity index is 200. The number of methoxy groups -OCH3 is 1. The first-order valence-corrected chi connectivity index (χ1v) is 6.60. The van der Waals surface area contributed by atoms with E-state index in [0.717, 1.165) is 38.5 Å². The minimum absolute atomic E-state index is 0.0478. The molecule has 0 radical (unpaired) electrons. The summed E-state index contributed by atoms with van der Waals surface area (Å²) in [6, 6.07) is 0. The van der Waals surface area contributed by atoms with Crippen LogP contribution in [0.15, 0.2) is 12.2 Å². The van der Waals surface area contributed by atoms with Crippen LogP contribution in [-0.2, 0) is 14.3 Å². The number of esters is 1. The molecular weight excluding hydrogens is 216 g/mol. The number of allylic oxidation sites excluding steroid dienone is 1. The van der Waals surface area contributed by atoms with Gasteiger partial charge in [-0.25, -0.2) is 0 Å². The highest BCUT2D eigenvalue weighted by molar-refractivity contribution is 5.69. The summed E-state index contributed by atoms with van der Waals surface area (Å²) >= 11 is 0. The van der Waals surface area contributed by atoms with Crippen molar-refractivity contribution < 1.29 is 14.3 Å². The molecule has 0 heterocycles. The Morgan fingerprint density at radius 1 is 1.12 bits per heavy atom. The molecule has 0 fully saturated rings. The number of hydrogen-bond donors (Lipinski definition) is 0. The molecule has 0 saturated carbocycles. The molecule has 0 aliphatic rings. The van der Waals surface area contributed by atoms with Gasteiger partial charge in [-0.05, 0) is 25.7 Å². The highest BCUT2D eigenvalue weighted by Gasteiger charge is 2.01. The van der Waals surface area contributed by atoms with Gasteiger partial charge in [-0.1, -0.05) is 31.9 Å². The molecule has 0 atom stereocenters. The fraction of sp³-hybridized carbons (Fsp3) is 0.786. The van der Waals surface area contributed by atoms with Crippen LogP contribution >= 0.6 is 0 Å². The Hall–Kier alpha value is -0.830. The van der Waals surface area contributed by atoms with Crippen LogP contribution in [0.5, 0.6) is 0 Å². The predicted octanol–water partition coefficient (Wildman–Crippen LogP) is 3.48. The van der Waals surface area contributed by atoms with E-state index in [0.29, 0.717) is 19.6 Å². The predicted molar refractivity (Wildman–Crippen MR) is 70.0 cm³/mol. The number of ether oxygens (including phenoxy) is 2. The second-order valence-electron chi connectivity index (χ2n) is 4.10. The van der Waals surface area contributed by atoms with E-state index in [1.165, 1.54) is 0 Å². The monoisotopic (exact) mass is 242 g/mol. The number of hydrogen-bond acceptors (Lipinski definition) is 3. The van der Waals surface area contributed by atoms with E-state index in [2.05, 4.69) is 13.0 Å². The van der Waals surface area contributed by atoms with Crippen molar-refractivity contribution in [1.29, 1.82) is 0 Å². The number of carbonyl (C=O) groups is 1. The van der Waals surface area contributed by atoms with Gasteiger partial charge in [0, 0.05) is 13.5 Å². The smallest absolute Gasteiger partial charge is 0.305 e. The molecule has 0 bridgehead atoms. The fourth-order valence-electron chi connectivity index (χ4n) is 1.39. The van der Waals surface area contributed by atoms with Crippen molar-refractivity contribution in [1.82, 2.24) is 0 Å². The van der Waals surface area contributed by atoms with E-state index in [9.17, 15) is 4.79 Å². The molecule has 0 aromatic heterocycles. The summed E-state index contributed by atoms with van der Waals surface area (Å²) in [6.45, 7) is 3.35. The van der Waals surface area contributed by atoms with Crippen LogP contribution in [-0.4, -0.2) is 26.3 Å². The van der Waals surface area contributed by atoms with Gasteiger partial charge in [-0.3, -0.25) is 4.79 Å². The van der Waals surface area contributed by atoms with E-state index in [-0.39, 0.29) is 5.97 Å². The van der Waals surface area contributed by atoms with Crippen molar-refractivity contribution in [3.63, 3.8) is 0 Å². The van der Waals surface area contributed by atoms with Gasteiger partial charge >= 0.3 is 5.97 Å². The minimum Gasteiger partial charge on any atom is -0.466 e. The zero-order valence-corrected chi connectivity index (χ0v) is 11.2. The second-order valence-corrected chi connectivity index (χ2v) is 4.10. The van der Waals surface area contributed by atoms with E-state index in [4.69, 9.17) is 9.47 Å². The molecule has 0 unspecified atom stereocenters. The van der Waals surface area contributed by atoms with Crippen LogP contribution in [0, 0.1) is 0 Å². The lowest BCUT2D eigenvalue weighted by molar-refractivity contribution is -0.143. The third-order valence-electron chi connectivity index (χ3n) is 2.44. The van der Waals surface area contributed by atoms with Gasteiger partial charge in [0.15, 0.2) is 0 Å². The molecule has 0 aliphatic carbocycles. The number of carbonyl (C=O) groups excluding carboxylic acids is 1. The Kier molecular flexibility index (Phi) is 12.6. The third kappa shape index (κ3) is 13.1. The molecule has 0 saturated heterocycles. The standard InChI is InChI=1S/C14H26O3/c1-3-4-13-17-14(15)11-9-7-5-6-8-10-12-16-2/h8,10H,3-7,9,11-13H2,1-2H3. The molecule has 0 amide bonds. The highest BCUT2D eigenvalue weighted by atomic mass is 16.5. The van der Waals surface area contributed by atoms with Crippen LogP contribution in [0.3, 0.4) is 0 Å². The molecule has 0 rings (SSSR count). The first-order chi connectivity index (χ1) is 8.31. The van der Waals surface area contributed by atoms with Crippen molar-refractivity contribution in [2.24, 2.45) is 0 Å². The van der Waals surface area contributed by atoms with Crippen molar-refractivity contribution in [2.45, 2.75) is 51.9 Å². The van der Waals surface area contributed by atoms with Gasteiger partial charge in [-0.2, -0.15) is 0 Å².